The van der Waals surface area contributed by atoms with Crippen LogP contribution in [0.25, 0.3) is 0 Å². The van der Waals surface area contributed by atoms with Gasteiger partial charge in [-0.1, -0.05) is 6.92 Å². The molecule has 0 amide bonds. The number of hydrogen-bond acceptors (Lipinski definition) is 5. The summed E-state index contributed by atoms with van der Waals surface area (Å²) in [4.78, 5) is 0.0716. The van der Waals surface area contributed by atoms with Crippen molar-refractivity contribution in [3.63, 3.8) is 0 Å². The maximum atomic E-state index is 7.57. The third-order valence-electron chi connectivity index (χ3n) is 1.83. The number of aliphatic hydroxyl groups excluding tert-OH is 1. The molecule has 0 aromatic rings. The highest BCUT2D eigenvalue weighted by Crippen LogP contribution is 2.21. The molecule has 0 rings (SSSR count). The van der Waals surface area contributed by atoms with Crippen molar-refractivity contribution in [1.29, 1.82) is 0 Å². The van der Waals surface area contributed by atoms with Crippen molar-refractivity contribution in [2.75, 3.05) is 26.4 Å². The molecule has 0 aliphatic rings. The Bertz CT molecular complexity index is 143. The summed E-state index contributed by atoms with van der Waals surface area (Å²) in [5.41, 5.74) is 0. The van der Waals surface area contributed by atoms with Gasteiger partial charge in [0.15, 0.2) is 0 Å². The predicted molar refractivity (Wildman–Crippen MR) is 76.5 cm³/mol. The molecule has 0 fully saturated rings. The van der Waals surface area contributed by atoms with Crippen LogP contribution in [0, 0.1) is 0 Å². The van der Waals surface area contributed by atoms with Crippen molar-refractivity contribution in [3.8, 4) is 0 Å². The lowest BCUT2D eigenvalue weighted by Crippen LogP contribution is -2.54. The Morgan fingerprint density at radius 3 is 1.41 bits per heavy atom. The van der Waals surface area contributed by atoms with E-state index in [1.807, 2.05) is 20.8 Å². The van der Waals surface area contributed by atoms with Crippen LogP contribution in [0.5, 0.6) is 0 Å². The van der Waals surface area contributed by atoms with E-state index in [2.05, 4.69) is 19.6 Å². The fourth-order valence-electron chi connectivity index (χ4n) is 1.27. The molecular formula is C11H28O4SSi. The van der Waals surface area contributed by atoms with Gasteiger partial charge in [-0.2, -0.15) is 12.6 Å². The summed E-state index contributed by atoms with van der Waals surface area (Å²) in [5.74, 6) is 0. The molecule has 6 heteroatoms. The van der Waals surface area contributed by atoms with Gasteiger partial charge in [-0.15, -0.1) is 0 Å². The molecule has 106 valence electrons. The molecule has 0 aromatic heterocycles. The Labute approximate surface area is 112 Å². The second kappa shape index (κ2) is 12.9. The Hall–Kier alpha value is 0.407. The average Bonchev–Trinajstić information content (AvgIpc) is 2.30. The molecule has 0 aliphatic carbocycles. The topological polar surface area (TPSA) is 47.9 Å². The first-order valence-electron chi connectivity index (χ1n) is 6.29. The van der Waals surface area contributed by atoms with Crippen LogP contribution < -0.4 is 0 Å². The van der Waals surface area contributed by atoms with Gasteiger partial charge in [-0.05, 0) is 34.1 Å². The number of rotatable bonds is 8. The molecule has 0 spiro atoms. The minimum Gasteiger partial charge on any atom is -0.397 e. The summed E-state index contributed by atoms with van der Waals surface area (Å²) in [6.45, 7) is 11.7. The van der Waals surface area contributed by atoms with E-state index in [0.717, 1.165) is 6.42 Å². The first-order chi connectivity index (χ1) is 8.08. The van der Waals surface area contributed by atoms with E-state index in [0.29, 0.717) is 19.8 Å². The third-order valence-corrected chi connectivity index (χ3v) is 6.44. The summed E-state index contributed by atoms with van der Waals surface area (Å²) < 4.78 is 17.0. The Morgan fingerprint density at radius 2 is 1.24 bits per heavy atom. The van der Waals surface area contributed by atoms with Gasteiger partial charge in [0, 0.05) is 26.4 Å². The van der Waals surface area contributed by atoms with E-state index in [1.54, 1.807) is 6.92 Å². The van der Waals surface area contributed by atoms with Crippen LogP contribution in [-0.4, -0.2) is 45.2 Å². The minimum atomic E-state index is -2.53. The van der Waals surface area contributed by atoms with E-state index in [9.17, 15) is 0 Å². The average molecular weight is 284 g/mol. The first kappa shape index (κ1) is 19.7. The molecule has 0 saturated heterocycles. The lowest BCUT2D eigenvalue weighted by Gasteiger charge is -2.32. The fraction of sp³-hybridized carbons (Fsp3) is 1.00. The third kappa shape index (κ3) is 8.18. The van der Waals surface area contributed by atoms with Crippen LogP contribution in [0.1, 0.15) is 41.0 Å². The summed E-state index contributed by atoms with van der Waals surface area (Å²) in [6, 6.07) is 0. The Morgan fingerprint density at radius 1 is 0.941 bits per heavy atom. The van der Waals surface area contributed by atoms with Gasteiger partial charge in [0.25, 0.3) is 0 Å². The zero-order valence-corrected chi connectivity index (χ0v) is 13.6. The second-order valence-corrected chi connectivity index (χ2v) is 7.02. The van der Waals surface area contributed by atoms with E-state index in [1.165, 1.54) is 0 Å². The van der Waals surface area contributed by atoms with Crippen molar-refractivity contribution in [2.24, 2.45) is 0 Å². The van der Waals surface area contributed by atoms with E-state index >= 15 is 0 Å². The largest absolute Gasteiger partial charge is 0.514 e. The summed E-state index contributed by atoms with van der Waals surface area (Å²) in [5, 5.41) is 7.57. The van der Waals surface area contributed by atoms with Crippen LogP contribution in [-0.2, 0) is 13.3 Å². The molecule has 0 saturated carbocycles. The molecule has 0 bridgehead atoms. The molecule has 1 atom stereocenters. The van der Waals surface area contributed by atoms with Crippen LogP contribution in [0.3, 0.4) is 0 Å². The van der Waals surface area contributed by atoms with E-state index in [4.69, 9.17) is 18.4 Å². The lowest BCUT2D eigenvalue weighted by atomic mass is 10.6. The zero-order chi connectivity index (χ0) is 13.7. The van der Waals surface area contributed by atoms with E-state index in [-0.39, 0.29) is 11.5 Å². The van der Waals surface area contributed by atoms with Crippen LogP contribution >= 0.6 is 12.6 Å². The lowest BCUT2D eigenvalue weighted by molar-refractivity contribution is 0.0694. The van der Waals surface area contributed by atoms with Crippen molar-refractivity contribution in [1.82, 2.24) is 0 Å². The zero-order valence-electron chi connectivity index (χ0n) is 11.7. The fourth-order valence-corrected chi connectivity index (χ4v) is 4.47. The maximum Gasteiger partial charge on any atom is 0.514 e. The highest BCUT2D eigenvalue weighted by molar-refractivity contribution is 7.83. The number of aliphatic hydroxyl groups is 1. The molecule has 0 aromatic carbocycles. The molecule has 17 heavy (non-hydrogen) atoms. The maximum absolute atomic E-state index is 7.57. The van der Waals surface area contributed by atoms with Gasteiger partial charge >= 0.3 is 8.80 Å². The number of thiol groups is 1. The molecule has 0 radical (unpaired) electrons. The van der Waals surface area contributed by atoms with Gasteiger partial charge in [0.05, 0.1) is 4.87 Å². The molecule has 4 nitrogen and oxygen atoms in total. The summed E-state index contributed by atoms with van der Waals surface area (Å²) >= 11 is 4.50. The monoisotopic (exact) mass is 284 g/mol. The van der Waals surface area contributed by atoms with Gasteiger partial charge < -0.3 is 18.4 Å². The smallest absolute Gasteiger partial charge is 0.397 e. The summed E-state index contributed by atoms with van der Waals surface area (Å²) in [6.07, 6.45) is 0.898. The Kier molecular flexibility index (Phi) is 14.9. The van der Waals surface area contributed by atoms with Crippen LogP contribution in [0.4, 0.5) is 0 Å². The van der Waals surface area contributed by atoms with Gasteiger partial charge in [0.1, 0.15) is 0 Å². The first-order valence-corrected chi connectivity index (χ1v) is 8.60. The van der Waals surface area contributed by atoms with Gasteiger partial charge in [-0.3, -0.25) is 0 Å². The second-order valence-electron chi connectivity index (χ2n) is 3.14. The summed E-state index contributed by atoms with van der Waals surface area (Å²) in [7, 11) is -2.53. The molecule has 0 aliphatic heterocycles. The highest BCUT2D eigenvalue weighted by atomic mass is 32.1. The molecule has 1 unspecified atom stereocenters. The molecule has 0 heterocycles. The van der Waals surface area contributed by atoms with Crippen molar-refractivity contribution in [2.45, 2.75) is 45.9 Å². The van der Waals surface area contributed by atoms with Crippen LogP contribution in [0.15, 0.2) is 0 Å². The SMILES string of the molecule is CCO.CCO[Si](OCC)(OCC)C(S)CC. The highest BCUT2D eigenvalue weighted by Gasteiger charge is 2.46. The number of hydrogen-bond donors (Lipinski definition) is 2. The van der Waals surface area contributed by atoms with Gasteiger partial charge in [0.2, 0.25) is 0 Å². The standard InChI is InChI=1S/C9H22O3SSi.C2H6O/c1-5-9(13)14(10-6-2,11-7-3)12-8-4;1-2-3/h9,13H,5-8H2,1-4H3;3H,2H2,1H3. The normalized spacial score (nSPS) is 12.9. The quantitative estimate of drug-likeness (QED) is 0.530. The molecule has 1 N–H and O–H groups in total. The van der Waals surface area contributed by atoms with Crippen molar-refractivity contribution < 1.29 is 18.4 Å². The van der Waals surface area contributed by atoms with Crippen molar-refractivity contribution >= 4 is 21.4 Å². The van der Waals surface area contributed by atoms with Crippen molar-refractivity contribution in [3.05, 3.63) is 0 Å². The van der Waals surface area contributed by atoms with E-state index < -0.39 is 8.80 Å². The predicted octanol–water partition coefficient (Wildman–Crippen LogP) is 2.28. The molecular weight excluding hydrogens is 256 g/mol. The van der Waals surface area contributed by atoms with Gasteiger partial charge in [-0.25, -0.2) is 0 Å². The van der Waals surface area contributed by atoms with Crippen LogP contribution in [0.2, 0.25) is 0 Å². The minimum absolute atomic E-state index is 0.0716. The Balaban J connectivity index is 0.